The number of carboxylic acids is 1. The van der Waals surface area contributed by atoms with Crippen LogP contribution in [0.5, 0.6) is 5.75 Å². The second-order valence-corrected chi connectivity index (χ2v) is 5.37. The lowest BCUT2D eigenvalue weighted by Crippen LogP contribution is -2.21. The van der Waals surface area contributed by atoms with E-state index in [1.54, 1.807) is 12.1 Å². The van der Waals surface area contributed by atoms with Gasteiger partial charge in [0.25, 0.3) is 10.2 Å². The van der Waals surface area contributed by atoms with Crippen molar-refractivity contribution < 1.29 is 23.1 Å². The lowest BCUT2D eigenvalue weighted by atomic mass is 10.2. The van der Waals surface area contributed by atoms with Crippen LogP contribution in [0.15, 0.2) is 54.6 Å². The van der Waals surface area contributed by atoms with Crippen molar-refractivity contribution in [1.82, 2.24) is 0 Å². The number of carboxylic acid groups (broad SMARTS) is 1. The van der Waals surface area contributed by atoms with Crippen LogP contribution in [0.25, 0.3) is 0 Å². The van der Waals surface area contributed by atoms with Crippen molar-refractivity contribution in [1.29, 1.82) is 0 Å². The normalized spacial score (nSPS) is 10.3. The minimum Gasteiger partial charge on any atom is -0.489 e. The van der Waals surface area contributed by atoms with Crippen LogP contribution in [0, 0.1) is 0 Å². The van der Waals surface area contributed by atoms with Crippen LogP contribution >= 0.6 is 0 Å². The molecule has 118 valence electrons. The Labute approximate surface area is 128 Å². The average molecular weight is 324 g/mol. The lowest BCUT2D eigenvalue weighted by Gasteiger charge is -2.06. The Morgan fingerprint density at radius 2 is 1.50 bits per heavy atom. The number of carbonyl (C=O) groups is 1. The molecule has 0 fully saturated rings. The Hall–Kier alpha value is -2.42. The van der Waals surface area contributed by atoms with Crippen molar-refractivity contribution in [3.63, 3.8) is 0 Å². The van der Waals surface area contributed by atoms with Crippen LogP contribution in [-0.2, 0) is 16.8 Å². The Kier molecular flexibility index (Phi) is 6.51. The van der Waals surface area contributed by atoms with E-state index < -0.39 is 16.2 Å². The molecule has 8 heteroatoms. The lowest BCUT2D eigenvalue weighted by molar-refractivity contribution is 0.0697. The van der Waals surface area contributed by atoms with E-state index in [0.717, 1.165) is 5.56 Å². The number of aromatic carboxylic acids is 1. The van der Waals surface area contributed by atoms with E-state index in [1.165, 1.54) is 12.1 Å². The van der Waals surface area contributed by atoms with Gasteiger partial charge in [-0.05, 0) is 29.8 Å². The van der Waals surface area contributed by atoms with Crippen molar-refractivity contribution >= 4 is 16.2 Å². The fourth-order valence-corrected chi connectivity index (χ4v) is 1.43. The van der Waals surface area contributed by atoms with Gasteiger partial charge in [0.2, 0.25) is 0 Å². The molecule has 0 aliphatic heterocycles. The van der Waals surface area contributed by atoms with Crippen LogP contribution in [-0.4, -0.2) is 19.5 Å². The van der Waals surface area contributed by atoms with E-state index in [2.05, 4.69) is 10.3 Å². The molecule has 0 heterocycles. The number of ether oxygens (including phenoxy) is 1. The second kappa shape index (κ2) is 8.13. The summed E-state index contributed by atoms with van der Waals surface area (Å²) in [5.41, 5.74) is 1.34. The molecule has 2 aromatic carbocycles. The quantitative estimate of drug-likeness (QED) is 0.775. The second-order valence-electron chi connectivity index (χ2n) is 4.19. The molecule has 2 rings (SSSR count). The zero-order valence-electron chi connectivity index (χ0n) is 11.5. The minimum atomic E-state index is -3.67. The summed E-state index contributed by atoms with van der Waals surface area (Å²) < 4.78 is 23.9. The molecule has 0 aromatic heterocycles. The van der Waals surface area contributed by atoms with E-state index in [1.807, 2.05) is 30.3 Å². The summed E-state index contributed by atoms with van der Waals surface area (Å²) in [6, 6.07) is 16.2. The predicted molar refractivity (Wildman–Crippen MR) is 81.5 cm³/mol. The molecule has 5 N–H and O–H groups in total. The van der Waals surface area contributed by atoms with Crippen LogP contribution in [0.3, 0.4) is 0 Å². The van der Waals surface area contributed by atoms with E-state index in [-0.39, 0.29) is 5.56 Å². The third kappa shape index (κ3) is 8.00. The van der Waals surface area contributed by atoms with Crippen molar-refractivity contribution in [2.75, 3.05) is 0 Å². The highest BCUT2D eigenvalue weighted by Gasteiger charge is 2.02. The maximum absolute atomic E-state index is 10.7. The highest BCUT2D eigenvalue weighted by molar-refractivity contribution is 7.86. The number of benzene rings is 2. The van der Waals surface area contributed by atoms with Gasteiger partial charge in [0, 0.05) is 0 Å². The van der Waals surface area contributed by atoms with Gasteiger partial charge < -0.3 is 9.84 Å². The van der Waals surface area contributed by atoms with Crippen molar-refractivity contribution in [2.24, 2.45) is 10.3 Å². The van der Waals surface area contributed by atoms with E-state index in [0.29, 0.717) is 12.4 Å². The number of hydrogen-bond acceptors (Lipinski definition) is 4. The van der Waals surface area contributed by atoms with Crippen LogP contribution in [0.1, 0.15) is 15.9 Å². The topological polar surface area (TPSA) is 133 Å². The third-order valence-electron chi connectivity index (χ3n) is 2.35. The van der Waals surface area contributed by atoms with Gasteiger partial charge >= 0.3 is 5.97 Å². The summed E-state index contributed by atoms with van der Waals surface area (Å²) in [7, 11) is -3.67. The molecule has 0 unspecified atom stereocenters. The first-order valence-corrected chi connectivity index (χ1v) is 7.67. The molecule has 7 nitrogen and oxygen atoms in total. The van der Waals surface area contributed by atoms with Gasteiger partial charge in [-0.25, -0.2) is 15.1 Å². The zero-order chi connectivity index (χ0) is 16.6. The van der Waals surface area contributed by atoms with Crippen molar-refractivity contribution in [3.05, 3.63) is 65.7 Å². The monoisotopic (exact) mass is 324 g/mol. The summed E-state index contributed by atoms with van der Waals surface area (Å²) in [5.74, 6) is -0.265. The first kappa shape index (κ1) is 17.6. The highest BCUT2D eigenvalue weighted by atomic mass is 32.2. The first-order valence-electron chi connectivity index (χ1n) is 6.06. The molecule has 0 radical (unpaired) electrons. The Balaban J connectivity index is 0.000000422. The SMILES string of the molecule is NS(N)(=O)=O.O=C(O)c1ccc(OCc2ccccc2)cc1. The standard InChI is InChI=1S/C14H12O3.H4N2O2S/c15-14(16)12-6-8-13(9-7-12)17-10-11-4-2-1-3-5-11;1-5(2,3)4/h1-9H,10H2,(H,15,16);(H4,1,2,3,4). The molecular formula is C14H16N2O5S. The maximum atomic E-state index is 10.7. The van der Waals surface area contributed by atoms with Gasteiger partial charge in [0.05, 0.1) is 5.56 Å². The summed E-state index contributed by atoms with van der Waals surface area (Å²) in [6.45, 7) is 0.479. The van der Waals surface area contributed by atoms with Gasteiger partial charge in [-0.15, -0.1) is 0 Å². The molecule has 22 heavy (non-hydrogen) atoms. The third-order valence-corrected chi connectivity index (χ3v) is 2.35. The molecule has 0 saturated heterocycles. The van der Waals surface area contributed by atoms with E-state index in [4.69, 9.17) is 9.84 Å². The zero-order valence-corrected chi connectivity index (χ0v) is 12.4. The molecule has 0 amide bonds. The molecule has 0 saturated carbocycles. The summed E-state index contributed by atoms with van der Waals surface area (Å²) in [6.07, 6.45) is 0. The Morgan fingerprint density at radius 1 is 1.00 bits per heavy atom. The molecule has 0 bridgehead atoms. The van der Waals surface area contributed by atoms with Crippen LogP contribution in [0.2, 0.25) is 0 Å². The van der Waals surface area contributed by atoms with Gasteiger partial charge in [-0.2, -0.15) is 8.42 Å². The summed E-state index contributed by atoms with van der Waals surface area (Å²) in [5, 5.41) is 17.0. The van der Waals surface area contributed by atoms with Gasteiger partial charge in [-0.1, -0.05) is 30.3 Å². The number of rotatable bonds is 4. The van der Waals surface area contributed by atoms with E-state index in [9.17, 15) is 13.2 Å². The first-order chi connectivity index (χ1) is 10.3. The number of hydrogen-bond donors (Lipinski definition) is 3. The molecule has 2 aromatic rings. The molecule has 0 atom stereocenters. The van der Waals surface area contributed by atoms with Gasteiger partial charge in [-0.3, -0.25) is 0 Å². The molecule has 0 aliphatic carbocycles. The van der Waals surface area contributed by atoms with Gasteiger partial charge in [0.1, 0.15) is 12.4 Å². The number of nitrogens with two attached hydrogens (primary N) is 2. The maximum Gasteiger partial charge on any atom is 0.335 e. The Morgan fingerprint density at radius 3 is 1.95 bits per heavy atom. The Bertz CT molecular complexity index is 692. The van der Waals surface area contributed by atoms with Crippen LogP contribution in [0.4, 0.5) is 0 Å². The van der Waals surface area contributed by atoms with Gasteiger partial charge in [0.15, 0.2) is 0 Å². The average Bonchev–Trinajstić information content (AvgIpc) is 2.45. The molecular weight excluding hydrogens is 308 g/mol. The minimum absolute atomic E-state index is 0.261. The predicted octanol–water partition coefficient (Wildman–Crippen LogP) is 1.11. The highest BCUT2D eigenvalue weighted by Crippen LogP contribution is 2.14. The van der Waals surface area contributed by atoms with Crippen LogP contribution < -0.4 is 15.0 Å². The fraction of sp³-hybridized carbons (Fsp3) is 0.0714. The largest absolute Gasteiger partial charge is 0.489 e. The summed E-state index contributed by atoms with van der Waals surface area (Å²) >= 11 is 0. The fourth-order valence-electron chi connectivity index (χ4n) is 1.43. The molecule has 0 spiro atoms. The molecule has 0 aliphatic rings. The van der Waals surface area contributed by atoms with E-state index >= 15 is 0 Å². The van der Waals surface area contributed by atoms with Crippen molar-refractivity contribution in [2.45, 2.75) is 6.61 Å². The summed E-state index contributed by atoms with van der Waals surface area (Å²) in [4.78, 5) is 10.7. The smallest absolute Gasteiger partial charge is 0.335 e. The van der Waals surface area contributed by atoms with Crippen molar-refractivity contribution in [3.8, 4) is 5.75 Å².